The summed E-state index contributed by atoms with van der Waals surface area (Å²) >= 11 is 2.78. The van der Waals surface area contributed by atoms with Gasteiger partial charge in [0.2, 0.25) is 0 Å². The van der Waals surface area contributed by atoms with Gasteiger partial charge in [0.25, 0.3) is 0 Å². The Balaban J connectivity index is 2.33. The van der Waals surface area contributed by atoms with Crippen molar-refractivity contribution < 1.29 is 23.1 Å². The van der Waals surface area contributed by atoms with Crippen molar-refractivity contribution in [2.45, 2.75) is 16.0 Å². The van der Waals surface area contributed by atoms with E-state index in [1.807, 2.05) is 22.6 Å². The molecule has 7 heteroatoms. The van der Waals surface area contributed by atoms with E-state index in [-0.39, 0.29) is 10.5 Å². The molecule has 0 atom stereocenters. The Morgan fingerprint density at radius 3 is 2.24 bits per heavy atom. The van der Waals surface area contributed by atoms with Gasteiger partial charge in [0.1, 0.15) is 0 Å². The van der Waals surface area contributed by atoms with Crippen molar-refractivity contribution in [2.75, 3.05) is 0 Å². The van der Waals surface area contributed by atoms with E-state index in [9.17, 15) is 18.0 Å². The zero-order chi connectivity index (χ0) is 15.6. The van der Waals surface area contributed by atoms with Crippen LogP contribution in [0, 0.1) is 3.57 Å². The highest BCUT2D eigenvalue weighted by Gasteiger charge is 2.33. The number of alkyl halides is 3. The summed E-state index contributed by atoms with van der Waals surface area (Å²) in [7, 11) is 0. The van der Waals surface area contributed by atoms with Crippen LogP contribution < -0.4 is 0 Å². The molecule has 2 aromatic rings. The van der Waals surface area contributed by atoms with Crippen molar-refractivity contribution >= 4 is 40.3 Å². The van der Waals surface area contributed by atoms with E-state index < -0.39 is 17.7 Å². The topological polar surface area (TPSA) is 37.3 Å². The molecule has 0 heterocycles. The first-order valence-electron chi connectivity index (χ1n) is 5.65. The quantitative estimate of drug-likeness (QED) is 0.692. The van der Waals surface area contributed by atoms with Gasteiger partial charge in [0.05, 0.1) is 11.1 Å². The van der Waals surface area contributed by atoms with E-state index in [0.29, 0.717) is 8.47 Å². The lowest BCUT2D eigenvalue weighted by Gasteiger charge is -2.13. The highest BCUT2D eigenvalue weighted by Crippen LogP contribution is 2.40. The summed E-state index contributed by atoms with van der Waals surface area (Å²) in [5, 5.41) is 8.79. The first-order chi connectivity index (χ1) is 9.77. The second kappa shape index (κ2) is 6.27. The van der Waals surface area contributed by atoms with Crippen LogP contribution in [0.25, 0.3) is 0 Å². The van der Waals surface area contributed by atoms with Gasteiger partial charge in [-0.05, 0) is 65.1 Å². The average molecular weight is 424 g/mol. The summed E-state index contributed by atoms with van der Waals surface area (Å²) in [6.07, 6.45) is -4.43. The standard InChI is InChI=1S/C14H8F3IO2S/c15-14(16,17)11-7-9(18)3-6-12(11)21-10-4-1-8(2-5-10)13(19)20/h1-7H,(H,19,20). The maximum Gasteiger partial charge on any atom is 0.417 e. The van der Waals surface area contributed by atoms with Gasteiger partial charge >= 0.3 is 12.1 Å². The van der Waals surface area contributed by atoms with Crippen LogP contribution in [0.2, 0.25) is 0 Å². The highest BCUT2D eigenvalue weighted by atomic mass is 127. The number of carboxylic acid groups (broad SMARTS) is 1. The molecule has 0 aromatic heterocycles. The van der Waals surface area contributed by atoms with Crippen molar-refractivity contribution in [3.63, 3.8) is 0 Å². The third-order valence-corrected chi connectivity index (χ3v) is 4.33. The van der Waals surface area contributed by atoms with Gasteiger partial charge in [-0.2, -0.15) is 13.2 Å². The average Bonchev–Trinajstić information content (AvgIpc) is 2.40. The number of aromatic carboxylic acids is 1. The maximum absolute atomic E-state index is 13.0. The predicted octanol–water partition coefficient (Wildman–Crippen LogP) is 5.16. The number of carboxylic acids is 1. The molecule has 110 valence electrons. The highest BCUT2D eigenvalue weighted by molar-refractivity contribution is 14.1. The van der Waals surface area contributed by atoms with Crippen LogP contribution in [0.15, 0.2) is 52.3 Å². The molecule has 0 unspecified atom stereocenters. The Bertz CT molecular complexity index is 669. The first-order valence-corrected chi connectivity index (χ1v) is 7.55. The van der Waals surface area contributed by atoms with Crippen LogP contribution in [-0.4, -0.2) is 11.1 Å². The van der Waals surface area contributed by atoms with E-state index in [0.717, 1.165) is 17.8 Å². The molecule has 0 spiro atoms. The summed E-state index contributed by atoms with van der Waals surface area (Å²) in [4.78, 5) is 11.4. The summed E-state index contributed by atoms with van der Waals surface area (Å²) in [6.45, 7) is 0. The van der Waals surface area contributed by atoms with E-state index in [4.69, 9.17) is 5.11 Å². The molecule has 2 rings (SSSR count). The Morgan fingerprint density at radius 1 is 1.10 bits per heavy atom. The van der Waals surface area contributed by atoms with Crippen molar-refractivity contribution in [3.05, 3.63) is 57.2 Å². The van der Waals surface area contributed by atoms with Crippen molar-refractivity contribution in [1.29, 1.82) is 0 Å². The Kier molecular flexibility index (Phi) is 4.82. The monoisotopic (exact) mass is 424 g/mol. The largest absolute Gasteiger partial charge is 0.478 e. The third kappa shape index (κ3) is 4.13. The molecule has 0 fully saturated rings. The van der Waals surface area contributed by atoms with Gasteiger partial charge in [-0.1, -0.05) is 11.8 Å². The van der Waals surface area contributed by atoms with Gasteiger partial charge in [0.15, 0.2) is 0 Å². The second-order valence-corrected chi connectivity index (χ2v) is 6.43. The third-order valence-electron chi connectivity index (χ3n) is 2.58. The molecule has 0 aliphatic rings. The van der Waals surface area contributed by atoms with Gasteiger partial charge in [-0.25, -0.2) is 4.79 Å². The van der Waals surface area contributed by atoms with Crippen molar-refractivity contribution in [1.82, 2.24) is 0 Å². The fourth-order valence-electron chi connectivity index (χ4n) is 1.61. The number of hydrogen-bond acceptors (Lipinski definition) is 2. The summed E-state index contributed by atoms with van der Waals surface area (Å²) in [5.74, 6) is -1.07. The van der Waals surface area contributed by atoms with Crippen LogP contribution >= 0.6 is 34.4 Å². The zero-order valence-corrected chi connectivity index (χ0v) is 13.3. The SMILES string of the molecule is O=C(O)c1ccc(Sc2ccc(I)cc2C(F)(F)F)cc1. The number of hydrogen-bond donors (Lipinski definition) is 1. The molecule has 0 amide bonds. The smallest absolute Gasteiger partial charge is 0.417 e. The Labute approximate surface area is 136 Å². The number of carbonyl (C=O) groups is 1. The molecule has 0 aliphatic heterocycles. The summed E-state index contributed by atoms with van der Waals surface area (Å²) < 4.78 is 39.5. The van der Waals surface area contributed by atoms with Crippen LogP contribution in [-0.2, 0) is 6.18 Å². The van der Waals surface area contributed by atoms with Gasteiger partial charge in [-0.15, -0.1) is 0 Å². The van der Waals surface area contributed by atoms with E-state index in [2.05, 4.69) is 0 Å². The number of halogens is 4. The number of benzene rings is 2. The Hall–Kier alpha value is -1.22. The molecule has 2 aromatic carbocycles. The molecule has 0 aliphatic carbocycles. The minimum absolute atomic E-state index is 0.0889. The lowest BCUT2D eigenvalue weighted by Crippen LogP contribution is -2.07. The predicted molar refractivity (Wildman–Crippen MR) is 81.7 cm³/mol. The van der Waals surface area contributed by atoms with E-state index in [1.54, 1.807) is 6.07 Å². The lowest BCUT2D eigenvalue weighted by atomic mass is 10.2. The first kappa shape index (κ1) is 16.2. The lowest BCUT2D eigenvalue weighted by molar-refractivity contribution is -0.139. The molecule has 0 saturated carbocycles. The molecule has 0 radical (unpaired) electrons. The van der Waals surface area contributed by atoms with Crippen molar-refractivity contribution in [3.8, 4) is 0 Å². The van der Waals surface area contributed by atoms with Crippen molar-refractivity contribution in [2.24, 2.45) is 0 Å². The molecule has 0 saturated heterocycles. The zero-order valence-electron chi connectivity index (χ0n) is 10.3. The van der Waals surface area contributed by atoms with Crippen LogP contribution in [0.3, 0.4) is 0 Å². The Morgan fingerprint density at radius 2 is 1.71 bits per heavy atom. The van der Waals surface area contributed by atoms with Crippen LogP contribution in [0.5, 0.6) is 0 Å². The molecular formula is C14H8F3IO2S. The normalized spacial score (nSPS) is 11.4. The van der Waals surface area contributed by atoms with Gasteiger partial charge in [-0.3, -0.25) is 0 Å². The van der Waals surface area contributed by atoms with Gasteiger partial charge in [0, 0.05) is 13.4 Å². The van der Waals surface area contributed by atoms with Gasteiger partial charge < -0.3 is 5.11 Å². The summed E-state index contributed by atoms with van der Waals surface area (Å²) in [5.41, 5.74) is -0.597. The molecule has 2 nitrogen and oxygen atoms in total. The molecule has 0 bridgehead atoms. The van der Waals surface area contributed by atoms with E-state index >= 15 is 0 Å². The molecule has 1 N–H and O–H groups in total. The fourth-order valence-corrected chi connectivity index (χ4v) is 3.04. The van der Waals surface area contributed by atoms with Crippen LogP contribution in [0.1, 0.15) is 15.9 Å². The minimum atomic E-state index is -4.43. The molecule has 21 heavy (non-hydrogen) atoms. The minimum Gasteiger partial charge on any atom is -0.478 e. The second-order valence-electron chi connectivity index (χ2n) is 4.07. The fraction of sp³-hybridized carbons (Fsp3) is 0.0714. The number of rotatable bonds is 3. The van der Waals surface area contributed by atoms with Crippen LogP contribution in [0.4, 0.5) is 13.2 Å². The van der Waals surface area contributed by atoms with E-state index in [1.165, 1.54) is 30.3 Å². The molecular weight excluding hydrogens is 416 g/mol. The maximum atomic E-state index is 13.0. The summed E-state index contributed by atoms with van der Waals surface area (Å²) in [6, 6.07) is 9.83.